The predicted octanol–water partition coefficient (Wildman–Crippen LogP) is 2.60. The Kier molecular flexibility index (Phi) is 14.8. The third kappa shape index (κ3) is 13.9. The zero-order chi connectivity index (χ0) is 11.9. The van der Waals surface area contributed by atoms with Gasteiger partial charge in [0.1, 0.15) is 0 Å². The molecule has 0 amide bonds. The van der Waals surface area contributed by atoms with E-state index in [9.17, 15) is 0 Å². The summed E-state index contributed by atoms with van der Waals surface area (Å²) in [6, 6.07) is 0. The van der Waals surface area contributed by atoms with Gasteiger partial charge in [0.25, 0.3) is 0 Å². The molecule has 0 radical (unpaired) electrons. The molecule has 0 fully saturated rings. The van der Waals surface area contributed by atoms with Crippen molar-refractivity contribution < 1.29 is 9.47 Å². The maximum absolute atomic E-state index is 5.52. The molecule has 16 heavy (non-hydrogen) atoms. The molecule has 0 aliphatic heterocycles. The summed E-state index contributed by atoms with van der Waals surface area (Å²) in [5, 5.41) is 3.10. The minimum atomic E-state index is 0.873. The van der Waals surface area contributed by atoms with Crippen molar-refractivity contribution in [3.63, 3.8) is 0 Å². The van der Waals surface area contributed by atoms with Crippen molar-refractivity contribution in [3.8, 4) is 0 Å². The molecule has 0 saturated heterocycles. The van der Waals surface area contributed by atoms with E-state index in [1.165, 1.54) is 19.3 Å². The summed E-state index contributed by atoms with van der Waals surface area (Å²) in [6.07, 6.45) is 7.10. The van der Waals surface area contributed by atoms with Crippen LogP contribution in [0.1, 0.15) is 45.4 Å². The molecular formula is C13H29NO2. The Balaban J connectivity index is 2.83. The minimum absolute atomic E-state index is 0.873. The Morgan fingerprint density at radius 2 is 1.25 bits per heavy atom. The predicted molar refractivity (Wildman–Crippen MR) is 68.9 cm³/mol. The molecular weight excluding hydrogens is 202 g/mol. The van der Waals surface area contributed by atoms with E-state index in [4.69, 9.17) is 9.47 Å². The van der Waals surface area contributed by atoms with E-state index in [2.05, 4.69) is 12.2 Å². The fourth-order valence-corrected chi connectivity index (χ4v) is 1.42. The number of unbranched alkanes of at least 4 members (excludes halogenated alkanes) is 3. The molecule has 0 spiro atoms. The van der Waals surface area contributed by atoms with Gasteiger partial charge in [-0.25, -0.2) is 0 Å². The van der Waals surface area contributed by atoms with Crippen molar-refractivity contribution in [1.29, 1.82) is 0 Å². The Labute approximate surface area is 101 Å². The first-order chi connectivity index (χ1) is 7.91. The number of hydrogen-bond acceptors (Lipinski definition) is 3. The Hall–Kier alpha value is -0.120. The highest BCUT2D eigenvalue weighted by Gasteiger charge is 1.91. The topological polar surface area (TPSA) is 30.5 Å². The van der Waals surface area contributed by atoms with Crippen molar-refractivity contribution in [1.82, 2.24) is 5.32 Å². The first kappa shape index (κ1) is 15.9. The third-order valence-electron chi connectivity index (χ3n) is 2.44. The zero-order valence-corrected chi connectivity index (χ0v) is 11.1. The van der Waals surface area contributed by atoms with Crippen LogP contribution >= 0.6 is 0 Å². The van der Waals surface area contributed by atoms with Gasteiger partial charge in [0.05, 0.1) is 0 Å². The van der Waals surface area contributed by atoms with Gasteiger partial charge >= 0.3 is 0 Å². The van der Waals surface area contributed by atoms with E-state index in [0.29, 0.717) is 0 Å². The van der Waals surface area contributed by atoms with E-state index in [1.54, 1.807) is 0 Å². The van der Waals surface area contributed by atoms with E-state index in [0.717, 1.165) is 52.2 Å². The highest BCUT2D eigenvalue weighted by Crippen LogP contribution is 1.96. The van der Waals surface area contributed by atoms with E-state index >= 15 is 0 Å². The second-order valence-corrected chi connectivity index (χ2v) is 4.10. The normalized spacial score (nSPS) is 10.9. The average Bonchev–Trinajstić information content (AvgIpc) is 2.31. The lowest BCUT2D eigenvalue weighted by molar-refractivity contribution is 0.100. The Morgan fingerprint density at radius 1 is 0.750 bits per heavy atom. The summed E-state index contributed by atoms with van der Waals surface area (Å²) >= 11 is 0. The van der Waals surface area contributed by atoms with Crippen LogP contribution in [0.3, 0.4) is 0 Å². The maximum atomic E-state index is 5.52. The molecule has 3 heteroatoms. The fraction of sp³-hybridized carbons (Fsp3) is 1.00. The second kappa shape index (κ2) is 14.9. The summed E-state index contributed by atoms with van der Waals surface area (Å²) in [5.41, 5.74) is 0. The lowest BCUT2D eigenvalue weighted by Crippen LogP contribution is -2.10. The van der Waals surface area contributed by atoms with Crippen LogP contribution in [0.25, 0.3) is 0 Å². The van der Waals surface area contributed by atoms with Gasteiger partial charge in [-0.2, -0.15) is 0 Å². The monoisotopic (exact) mass is 231 g/mol. The standard InChI is InChI=1S/C13H29NO2/c1-3-4-5-10-15-11-6-7-12-16-13-8-9-14-2/h14H,3-13H2,1-2H3. The molecule has 0 aliphatic carbocycles. The van der Waals surface area contributed by atoms with Crippen LogP contribution in [0.2, 0.25) is 0 Å². The van der Waals surface area contributed by atoms with Crippen molar-refractivity contribution in [2.45, 2.75) is 45.4 Å². The highest BCUT2D eigenvalue weighted by molar-refractivity contribution is 4.42. The molecule has 0 aliphatic rings. The molecule has 1 N–H and O–H groups in total. The lowest BCUT2D eigenvalue weighted by Gasteiger charge is -2.05. The van der Waals surface area contributed by atoms with Gasteiger partial charge in [0, 0.05) is 26.4 Å². The largest absolute Gasteiger partial charge is 0.381 e. The van der Waals surface area contributed by atoms with Gasteiger partial charge in [0.15, 0.2) is 0 Å². The summed E-state index contributed by atoms with van der Waals surface area (Å²) in [5.74, 6) is 0. The molecule has 0 rings (SSSR count). The van der Waals surface area contributed by atoms with Gasteiger partial charge in [-0.15, -0.1) is 0 Å². The van der Waals surface area contributed by atoms with Crippen LogP contribution in [-0.4, -0.2) is 40.0 Å². The SMILES string of the molecule is CCCCCOCCCCOCCCNC. The summed E-state index contributed by atoms with van der Waals surface area (Å²) in [7, 11) is 1.97. The summed E-state index contributed by atoms with van der Waals surface area (Å²) in [4.78, 5) is 0. The van der Waals surface area contributed by atoms with Crippen LogP contribution in [0, 0.1) is 0 Å². The number of ether oxygens (including phenoxy) is 2. The molecule has 0 unspecified atom stereocenters. The number of rotatable bonds is 13. The average molecular weight is 231 g/mol. The van der Waals surface area contributed by atoms with E-state index in [-0.39, 0.29) is 0 Å². The molecule has 0 atom stereocenters. The van der Waals surface area contributed by atoms with Crippen LogP contribution in [-0.2, 0) is 9.47 Å². The fourth-order valence-electron chi connectivity index (χ4n) is 1.42. The van der Waals surface area contributed by atoms with Gasteiger partial charge in [-0.05, 0) is 39.3 Å². The quantitative estimate of drug-likeness (QED) is 0.494. The first-order valence-corrected chi connectivity index (χ1v) is 6.72. The molecule has 0 bridgehead atoms. The third-order valence-corrected chi connectivity index (χ3v) is 2.44. The van der Waals surface area contributed by atoms with Crippen molar-refractivity contribution in [3.05, 3.63) is 0 Å². The zero-order valence-electron chi connectivity index (χ0n) is 11.1. The highest BCUT2D eigenvalue weighted by atomic mass is 16.5. The molecule has 0 aromatic rings. The van der Waals surface area contributed by atoms with E-state index < -0.39 is 0 Å². The maximum Gasteiger partial charge on any atom is 0.0478 e. The molecule has 3 nitrogen and oxygen atoms in total. The van der Waals surface area contributed by atoms with Crippen molar-refractivity contribution >= 4 is 0 Å². The van der Waals surface area contributed by atoms with Gasteiger partial charge < -0.3 is 14.8 Å². The van der Waals surface area contributed by atoms with Crippen LogP contribution in [0.5, 0.6) is 0 Å². The minimum Gasteiger partial charge on any atom is -0.381 e. The Bertz CT molecular complexity index is 107. The van der Waals surface area contributed by atoms with Gasteiger partial charge in [-0.1, -0.05) is 19.8 Å². The van der Waals surface area contributed by atoms with Crippen LogP contribution in [0.4, 0.5) is 0 Å². The number of nitrogens with one attached hydrogen (secondary N) is 1. The molecule has 0 aromatic heterocycles. The first-order valence-electron chi connectivity index (χ1n) is 6.72. The van der Waals surface area contributed by atoms with Crippen molar-refractivity contribution in [2.24, 2.45) is 0 Å². The van der Waals surface area contributed by atoms with E-state index in [1.807, 2.05) is 7.05 Å². The van der Waals surface area contributed by atoms with Crippen LogP contribution < -0.4 is 5.32 Å². The van der Waals surface area contributed by atoms with Gasteiger partial charge in [0.2, 0.25) is 0 Å². The summed E-state index contributed by atoms with van der Waals surface area (Å²) in [6.45, 7) is 6.83. The lowest BCUT2D eigenvalue weighted by atomic mass is 10.3. The van der Waals surface area contributed by atoms with Crippen molar-refractivity contribution in [2.75, 3.05) is 40.0 Å². The van der Waals surface area contributed by atoms with Gasteiger partial charge in [-0.3, -0.25) is 0 Å². The smallest absolute Gasteiger partial charge is 0.0478 e. The molecule has 0 saturated carbocycles. The second-order valence-electron chi connectivity index (χ2n) is 4.10. The molecule has 98 valence electrons. The summed E-state index contributed by atoms with van der Waals surface area (Å²) < 4.78 is 11.0. The number of hydrogen-bond donors (Lipinski definition) is 1. The molecule has 0 heterocycles. The molecule has 0 aromatic carbocycles. The Morgan fingerprint density at radius 3 is 1.75 bits per heavy atom. The van der Waals surface area contributed by atoms with Crippen LogP contribution in [0.15, 0.2) is 0 Å².